The SMILES string of the molecule is CC(C)[C@@H]1NC(=O)C2(/C=C/c3ccc4ccc(nc4c3)[C@@H](C)OC(=O)[C@@H]3CCCN(N3)C(=O)[C@H](C)NC1=O)CCC(C)(O)CC2. The number of rotatable bonds is 1. The van der Waals surface area contributed by atoms with E-state index < -0.39 is 53.0 Å². The molecule has 5 bridgehead atoms. The van der Waals surface area contributed by atoms with Gasteiger partial charge in [-0.15, -0.1) is 0 Å². The number of nitrogens with zero attached hydrogens (tertiary/aromatic N) is 2. The fourth-order valence-corrected chi connectivity index (χ4v) is 6.29. The molecule has 11 nitrogen and oxygen atoms in total. The van der Waals surface area contributed by atoms with Crippen LogP contribution in [0.25, 0.3) is 17.0 Å². The van der Waals surface area contributed by atoms with E-state index in [1.54, 1.807) is 20.8 Å². The number of cyclic esters (lactones) is 1. The molecule has 3 heterocycles. The molecule has 242 valence electrons. The van der Waals surface area contributed by atoms with Crippen LogP contribution in [0.4, 0.5) is 0 Å². The van der Waals surface area contributed by atoms with Crippen LogP contribution in [-0.4, -0.2) is 69.1 Å². The van der Waals surface area contributed by atoms with Crippen molar-refractivity contribution in [1.82, 2.24) is 26.1 Å². The van der Waals surface area contributed by atoms with E-state index in [0.717, 1.165) is 10.9 Å². The molecule has 4 N–H and O–H groups in total. The van der Waals surface area contributed by atoms with E-state index in [0.29, 0.717) is 56.3 Å². The highest BCUT2D eigenvalue weighted by atomic mass is 16.5. The van der Waals surface area contributed by atoms with Gasteiger partial charge in [0.25, 0.3) is 5.91 Å². The fraction of sp³-hybridized carbons (Fsp3) is 0.559. The summed E-state index contributed by atoms with van der Waals surface area (Å²) in [6, 6.07) is 7.06. The summed E-state index contributed by atoms with van der Waals surface area (Å²) in [7, 11) is 0. The van der Waals surface area contributed by atoms with E-state index in [1.165, 1.54) is 5.01 Å². The average Bonchev–Trinajstić information content (AvgIpc) is 3.01. The second kappa shape index (κ2) is 12.9. The van der Waals surface area contributed by atoms with Crippen LogP contribution in [0.1, 0.15) is 90.5 Å². The van der Waals surface area contributed by atoms with E-state index in [1.807, 2.05) is 56.3 Å². The molecule has 0 unspecified atom stereocenters. The van der Waals surface area contributed by atoms with Gasteiger partial charge in [0.15, 0.2) is 0 Å². The molecule has 1 aromatic carbocycles. The number of nitrogens with one attached hydrogen (secondary N) is 3. The molecule has 2 aliphatic heterocycles. The Kier molecular flexibility index (Phi) is 9.32. The zero-order chi connectivity index (χ0) is 32.5. The summed E-state index contributed by atoms with van der Waals surface area (Å²) in [6.07, 6.45) is 5.90. The molecule has 2 aromatic rings. The van der Waals surface area contributed by atoms with Crippen LogP contribution >= 0.6 is 0 Å². The van der Waals surface area contributed by atoms with E-state index in [2.05, 4.69) is 16.1 Å². The maximum atomic E-state index is 14.1. The van der Waals surface area contributed by atoms with Crippen LogP contribution in [0.3, 0.4) is 0 Å². The largest absolute Gasteiger partial charge is 0.455 e. The maximum absolute atomic E-state index is 14.1. The van der Waals surface area contributed by atoms with Crippen LogP contribution in [0.2, 0.25) is 0 Å². The van der Waals surface area contributed by atoms with Gasteiger partial charge in [0.05, 0.1) is 22.2 Å². The molecule has 2 fully saturated rings. The topological polar surface area (TPSA) is 150 Å². The predicted molar refractivity (Wildman–Crippen MR) is 169 cm³/mol. The lowest BCUT2D eigenvalue weighted by atomic mass is 9.68. The number of hydrazine groups is 1. The van der Waals surface area contributed by atoms with Crippen molar-refractivity contribution in [2.75, 3.05) is 6.54 Å². The summed E-state index contributed by atoms with van der Waals surface area (Å²) in [4.78, 5) is 58.9. The number of aliphatic hydroxyl groups is 1. The number of carbonyl (C=O) groups is 4. The van der Waals surface area contributed by atoms with E-state index in [9.17, 15) is 24.3 Å². The Hall–Kier alpha value is -3.83. The van der Waals surface area contributed by atoms with Crippen LogP contribution in [0.5, 0.6) is 0 Å². The third kappa shape index (κ3) is 7.20. The van der Waals surface area contributed by atoms with E-state index in [-0.39, 0.29) is 11.8 Å². The van der Waals surface area contributed by atoms with Crippen molar-refractivity contribution in [3.63, 3.8) is 0 Å². The van der Waals surface area contributed by atoms with Crippen LogP contribution in [0.15, 0.2) is 36.4 Å². The van der Waals surface area contributed by atoms with Gasteiger partial charge < -0.3 is 20.5 Å². The van der Waals surface area contributed by atoms with Gasteiger partial charge >= 0.3 is 5.97 Å². The molecule has 45 heavy (non-hydrogen) atoms. The van der Waals surface area contributed by atoms with Crippen molar-refractivity contribution in [3.8, 4) is 0 Å². The molecular formula is C34H45N5O6. The fourth-order valence-electron chi connectivity index (χ4n) is 6.29. The first kappa shape index (κ1) is 32.6. The summed E-state index contributed by atoms with van der Waals surface area (Å²) < 4.78 is 5.79. The summed E-state index contributed by atoms with van der Waals surface area (Å²) in [5, 5.41) is 18.8. The Balaban J connectivity index is 1.54. The van der Waals surface area contributed by atoms with Crippen LogP contribution in [-0.2, 0) is 23.9 Å². The second-order valence-corrected chi connectivity index (χ2v) is 13.5. The maximum Gasteiger partial charge on any atom is 0.325 e. The minimum atomic E-state index is -0.949. The standard InChI is InChI=1S/C34H45N5O6/c1-20(2)28-29(40)35-21(3)30(41)39-18-6-7-26(38-39)31(42)45-22(4)25-11-10-24-9-8-23(19-27(24)36-25)12-13-34(32(43)37-28)16-14-33(5,44)15-17-34/h8-13,19-22,26,28,38,44H,6-7,14-18H2,1-5H3,(H,35,40)(H,37,43)/b13-12+/t21-,22+,26-,28-,33?,34?/m0/s1. The Bertz CT molecular complexity index is 1490. The first-order valence-corrected chi connectivity index (χ1v) is 16.0. The number of aromatic nitrogens is 1. The molecule has 0 radical (unpaired) electrons. The number of amides is 3. The monoisotopic (exact) mass is 619 g/mol. The number of esters is 1. The number of benzene rings is 1. The van der Waals surface area contributed by atoms with Crippen LogP contribution < -0.4 is 16.1 Å². The summed E-state index contributed by atoms with van der Waals surface area (Å²) in [6.45, 7) is 9.18. The predicted octanol–water partition coefficient (Wildman–Crippen LogP) is 3.32. The van der Waals surface area contributed by atoms with Gasteiger partial charge in [0, 0.05) is 11.9 Å². The molecule has 1 aromatic heterocycles. The zero-order valence-electron chi connectivity index (χ0n) is 26.8. The number of pyridine rings is 1. The first-order chi connectivity index (χ1) is 21.3. The molecule has 11 heteroatoms. The lowest BCUT2D eigenvalue weighted by molar-refractivity contribution is -0.157. The van der Waals surface area contributed by atoms with Gasteiger partial charge in [0.1, 0.15) is 24.2 Å². The van der Waals surface area contributed by atoms with Crippen molar-refractivity contribution in [1.29, 1.82) is 0 Å². The van der Waals surface area contributed by atoms with Gasteiger partial charge in [-0.1, -0.05) is 44.2 Å². The molecule has 5 rings (SSSR count). The number of hydrogen-bond donors (Lipinski definition) is 4. The molecule has 1 saturated carbocycles. The molecule has 3 aliphatic rings. The van der Waals surface area contributed by atoms with E-state index >= 15 is 0 Å². The highest BCUT2D eigenvalue weighted by Crippen LogP contribution is 2.43. The molecule has 4 atom stereocenters. The van der Waals surface area contributed by atoms with Gasteiger partial charge in [-0.25, -0.2) is 10.4 Å². The third-order valence-corrected chi connectivity index (χ3v) is 9.42. The Morgan fingerprint density at radius 3 is 2.44 bits per heavy atom. The van der Waals surface area contributed by atoms with Gasteiger partial charge in [-0.2, -0.15) is 0 Å². The Morgan fingerprint density at radius 2 is 1.73 bits per heavy atom. The van der Waals surface area contributed by atoms with Crippen molar-refractivity contribution < 1.29 is 29.0 Å². The lowest BCUT2D eigenvalue weighted by Gasteiger charge is -2.41. The quantitative estimate of drug-likeness (QED) is 0.355. The van der Waals surface area contributed by atoms with Crippen molar-refractivity contribution in [2.24, 2.45) is 11.3 Å². The van der Waals surface area contributed by atoms with E-state index in [4.69, 9.17) is 9.72 Å². The molecular weight excluding hydrogens is 574 g/mol. The highest BCUT2D eigenvalue weighted by Gasteiger charge is 2.44. The van der Waals surface area contributed by atoms with Crippen molar-refractivity contribution in [2.45, 2.75) is 103 Å². The normalized spacial score (nSPS) is 32.7. The lowest BCUT2D eigenvalue weighted by Crippen LogP contribution is -2.61. The minimum Gasteiger partial charge on any atom is -0.455 e. The minimum absolute atomic E-state index is 0.263. The average molecular weight is 620 g/mol. The Morgan fingerprint density at radius 1 is 1.02 bits per heavy atom. The van der Waals surface area contributed by atoms with Gasteiger partial charge in [-0.3, -0.25) is 24.2 Å². The molecule has 1 aliphatic carbocycles. The molecule has 1 spiro atoms. The smallest absolute Gasteiger partial charge is 0.325 e. The number of ether oxygens (including phenoxy) is 1. The number of carbonyl (C=O) groups excluding carboxylic acids is 4. The van der Waals surface area contributed by atoms with Gasteiger partial charge in [-0.05, 0) is 82.9 Å². The highest BCUT2D eigenvalue weighted by molar-refractivity contribution is 5.94. The van der Waals surface area contributed by atoms with Gasteiger partial charge in [0.2, 0.25) is 11.8 Å². The third-order valence-electron chi connectivity index (χ3n) is 9.42. The number of hydrogen-bond acceptors (Lipinski definition) is 8. The number of fused-ring (bicyclic) bond motifs is 4. The van der Waals surface area contributed by atoms with Crippen molar-refractivity contribution in [3.05, 3.63) is 47.7 Å². The first-order valence-electron chi connectivity index (χ1n) is 16.0. The summed E-state index contributed by atoms with van der Waals surface area (Å²) in [5.74, 6) is -1.90. The van der Waals surface area contributed by atoms with Crippen LogP contribution in [0, 0.1) is 11.3 Å². The molecule has 3 amide bonds. The summed E-state index contributed by atoms with van der Waals surface area (Å²) >= 11 is 0. The Labute approximate surface area is 264 Å². The molecule has 1 saturated heterocycles. The summed E-state index contributed by atoms with van der Waals surface area (Å²) in [5.41, 5.74) is 3.30. The second-order valence-electron chi connectivity index (χ2n) is 13.5. The zero-order valence-corrected chi connectivity index (χ0v) is 26.8. The van der Waals surface area contributed by atoms with Crippen molar-refractivity contribution >= 4 is 40.7 Å².